The van der Waals surface area contributed by atoms with Crippen LogP contribution in [0.15, 0.2) is 36.5 Å². The lowest BCUT2D eigenvalue weighted by atomic mass is 10.1. The third-order valence-corrected chi connectivity index (χ3v) is 3.88. The Morgan fingerprint density at radius 3 is 2.79 bits per heavy atom. The molecule has 0 atom stereocenters. The number of aryl methyl sites for hydroxylation is 1. The molecule has 0 radical (unpaired) electrons. The summed E-state index contributed by atoms with van der Waals surface area (Å²) >= 11 is 1.39. The number of carbonyl (C=O) groups is 1. The Morgan fingerprint density at radius 2 is 2.05 bits per heavy atom. The Balaban J connectivity index is 2.25. The van der Waals surface area contributed by atoms with Crippen LogP contribution in [0.4, 0.5) is 0 Å². The molecule has 0 amide bonds. The number of benzene rings is 1. The maximum Gasteiger partial charge on any atom is 0.355 e. The summed E-state index contributed by atoms with van der Waals surface area (Å²) in [6, 6.07) is 9.62. The van der Waals surface area contributed by atoms with Crippen molar-refractivity contribution >= 4 is 28.2 Å². The van der Waals surface area contributed by atoms with Crippen LogP contribution in [0, 0.1) is 6.92 Å². The van der Waals surface area contributed by atoms with E-state index in [0.717, 1.165) is 16.5 Å². The fourth-order valence-electron chi connectivity index (χ4n) is 1.99. The van der Waals surface area contributed by atoms with Crippen molar-refractivity contribution in [2.75, 3.05) is 0 Å². The van der Waals surface area contributed by atoms with Gasteiger partial charge in [-0.2, -0.15) is 0 Å². The van der Waals surface area contributed by atoms with Gasteiger partial charge in [-0.05, 0) is 19.1 Å². The molecule has 3 rings (SSSR count). The van der Waals surface area contributed by atoms with Crippen LogP contribution in [-0.2, 0) is 0 Å². The van der Waals surface area contributed by atoms with E-state index in [1.165, 1.54) is 11.3 Å². The minimum Gasteiger partial charge on any atom is -0.476 e. The molecule has 19 heavy (non-hydrogen) atoms. The Bertz CT molecular complexity index is 775. The van der Waals surface area contributed by atoms with E-state index in [9.17, 15) is 4.79 Å². The van der Waals surface area contributed by atoms with Gasteiger partial charge >= 0.3 is 5.97 Å². The molecule has 5 heteroatoms. The Morgan fingerprint density at radius 1 is 1.26 bits per heavy atom. The summed E-state index contributed by atoms with van der Waals surface area (Å²) < 4.78 is 0. The molecule has 0 bridgehead atoms. The number of carboxylic acid groups (broad SMARTS) is 1. The molecule has 0 aliphatic carbocycles. The molecular weight excluding hydrogens is 260 g/mol. The summed E-state index contributed by atoms with van der Waals surface area (Å²) in [4.78, 5) is 20.3. The average molecular weight is 270 g/mol. The van der Waals surface area contributed by atoms with Crippen molar-refractivity contribution in [2.24, 2.45) is 0 Å². The first kappa shape index (κ1) is 11.8. The highest BCUT2D eigenvalue weighted by molar-refractivity contribution is 7.15. The topological polar surface area (TPSA) is 63.1 Å². The van der Waals surface area contributed by atoms with E-state index in [0.29, 0.717) is 9.88 Å². The zero-order valence-electron chi connectivity index (χ0n) is 10.1. The van der Waals surface area contributed by atoms with Crippen molar-refractivity contribution < 1.29 is 9.90 Å². The van der Waals surface area contributed by atoms with Crippen molar-refractivity contribution in [1.29, 1.82) is 0 Å². The van der Waals surface area contributed by atoms with Gasteiger partial charge in [-0.3, -0.25) is 4.98 Å². The van der Waals surface area contributed by atoms with Crippen LogP contribution in [0.3, 0.4) is 0 Å². The van der Waals surface area contributed by atoms with Crippen molar-refractivity contribution in [3.63, 3.8) is 0 Å². The van der Waals surface area contributed by atoms with Crippen molar-refractivity contribution in [2.45, 2.75) is 6.92 Å². The summed E-state index contributed by atoms with van der Waals surface area (Å²) in [5, 5.41) is 10.8. The molecule has 94 valence electrons. The van der Waals surface area contributed by atoms with Gasteiger partial charge in [0.1, 0.15) is 5.01 Å². The number of thiazole rings is 1. The van der Waals surface area contributed by atoms with Crippen LogP contribution >= 0.6 is 11.3 Å². The summed E-state index contributed by atoms with van der Waals surface area (Å²) in [6.07, 6.45) is 1.72. The Kier molecular flexibility index (Phi) is 2.76. The molecule has 0 saturated carbocycles. The van der Waals surface area contributed by atoms with Crippen LogP contribution in [0.1, 0.15) is 15.4 Å². The number of rotatable bonds is 2. The number of hydrogen-bond acceptors (Lipinski definition) is 4. The molecule has 0 aliphatic heterocycles. The average Bonchev–Trinajstić information content (AvgIpc) is 2.80. The van der Waals surface area contributed by atoms with E-state index in [-0.39, 0.29) is 5.69 Å². The smallest absolute Gasteiger partial charge is 0.355 e. The highest BCUT2D eigenvalue weighted by Gasteiger charge is 2.16. The quantitative estimate of drug-likeness (QED) is 0.775. The van der Waals surface area contributed by atoms with Gasteiger partial charge in [0.15, 0.2) is 5.69 Å². The van der Waals surface area contributed by atoms with E-state index >= 15 is 0 Å². The first-order chi connectivity index (χ1) is 9.16. The zero-order chi connectivity index (χ0) is 13.4. The number of carboxylic acids is 1. The van der Waals surface area contributed by atoms with E-state index in [1.807, 2.05) is 30.3 Å². The Hall–Kier alpha value is -2.27. The second kappa shape index (κ2) is 4.44. The monoisotopic (exact) mass is 270 g/mol. The van der Waals surface area contributed by atoms with Crippen molar-refractivity contribution in [3.8, 4) is 10.6 Å². The lowest BCUT2D eigenvalue weighted by Crippen LogP contribution is -1.98. The lowest BCUT2D eigenvalue weighted by molar-refractivity contribution is 0.0690. The van der Waals surface area contributed by atoms with Gasteiger partial charge in [0, 0.05) is 22.0 Å². The molecule has 0 unspecified atom stereocenters. The SMILES string of the molecule is Cc1sc(-c2ccnc3ccccc23)nc1C(=O)O. The predicted molar refractivity (Wildman–Crippen MR) is 74.5 cm³/mol. The number of nitrogens with zero attached hydrogens (tertiary/aromatic N) is 2. The van der Waals surface area contributed by atoms with Crippen LogP contribution in [0.5, 0.6) is 0 Å². The number of hydrogen-bond donors (Lipinski definition) is 1. The first-order valence-corrected chi connectivity index (χ1v) is 6.53. The fraction of sp³-hybridized carbons (Fsp3) is 0.0714. The molecule has 0 fully saturated rings. The molecule has 0 aliphatic rings. The highest BCUT2D eigenvalue weighted by atomic mass is 32.1. The number of pyridine rings is 1. The zero-order valence-corrected chi connectivity index (χ0v) is 10.9. The van der Waals surface area contributed by atoms with E-state index < -0.39 is 5.97 Å². The predicted octanol–water partition coefficient (Wildman–Crippen LogP) is 3.36. The Labute approximate surface area is 113 Å². The molecule has 4 nitrogen and oxygen atoms in total. The highest BCUT2D eigenvalue weighted by Crippen LogP contribution is 2.32. The minimum atomic E-state index is -0.988. The summed E-state index contributed by atoms with van der Waals surface area (Å²) in [6.45, 7) is 1.77. The third-order valence-electron chi connectivity index (χ3n) is 2.88. The number of para-hydroxylation sites is 1. The number of fused-ring (bicyclic) bond motifs is 1. The fourth-order valence-corrected chi connectivity index (χ4v) is 2.94. The summed E-state index contributed by atoms with van der Waals surface area (Å²) in [7, 11) is 0. The second-order valence-electron chi connectivity index (χ2n) is 4.10. The largest absolute Gasteiger partial charge is 0.476 e. The van der Waals surface area contributed by atoms with Crippen LogP contribution in [0.25, 0.3) is 21.5 Å². The molecule has 3 aromatic rings. The molecular formula is C14H10N2O2S. The standard InChI is InChI=1S/C14H10N2O2S/c1-8-12(14(17)18)16-13(19-8)10-6-7-15-11-5-3-2-4-9(10)11/h2-7H,1H3,(H,17,18). The van der Waals surface area contributed by atoms with Crippen LogP contribution in [0.2, 0.25) is 0 Å². The van der Waals surface area contributed by atoms with Gasteiger partial charge in [0.25, 0.3) is 0 Å². The van der Waals surface area contributed by atoms with Gasteiger partial charge in [0.2, 0.25) is 0 Å². The van der Waals surface area contributed by atoms with E-state index in [1.54, 1.807) is 13.1 Å². The van der Waals surface area contributed by atoms with Crippen molar-refractivity contribution in [3.05, 3.63) is 47.1 Å². The minimum absolute atomic E-state index is 0.126. The summed E-state index contributed by atoms with van der Waals surface area (Å²) in [5.41, 5.74) is 1.93. The maximum atomic E-state index is 11.1. The van der Waals surface area contributed by atoms with Crippen molar-refractivity contribution in [1.82, 2.24) is 9.97 Å². The number of aromatic nitrogens is 2. The van der Waals surface area contributed by atoms with Gasteiger partial charge in [0.05, 0.1) is 5.52 Å². The van der Waals surface area contributed by atoms with E-state index in [2.05, 4.69) is 9.97 Å². The molecule has 2 aromatic heterocycles. The van der Waals surface area contributed by atoms with Gasteiger partial charge < -0.3 is 5.11 Å². The maximum absolute atomic E-state index is 11.1. The molecule has 0 saturated heterocycles. The van der Waals surface area contributed by atoms with Gasteiger partial charge in [-0.25, -0.2) is 9.78 Å². The molecule has 2 heterocycles. The second-order valence-corrected chi connectivity index (χ2v) is 5.31. The number of aromatic carboxylic acids is 1. The van der Waals surface area contributed by atoms with Gasteiger partial charge in [-0.1, -0.05) is 18.2 Å². The summed E-state index contributed by atoms with van der Waals surface area (Å²) in [5.74, 6) is -0.988. The molecule has 1 N–H and O–H groups in total. The van der Waals surface area contributed by atoms with Crippen LogP contribution < -0.4 is 0 Å². The third kappa shape index (κ3) is 1.98. The molecule has 0 spiro atoms. The molecule has 1 aromatic carbocycles. The van der Waals surface area contributed by atoms with Gasteiger partial charge in [-0.15, -0.1) is 11.3 Å². The first-order valence-electron chi connectivity index (χ1n) is 5.71. The normalized spacial score (nSPS) is 10.8. The van der Waals surface area contributed by atoms with E-state index in [4.69, 9.17) is 5.11 Å². The van der Waals surface area contributed by atoms with Crippen LogP contribution in [-0.4, -0.2) is 21.0 Å². The lowest BCUT2D eigenvalue weighted by Gasteiger charge is -2.01.